The van der Waals surface area contributed by atoms with Gasteiger partial charge in [-0.1, -0.05) is 13.8 Å². The van der Waals surface area contributed by atoms with Crippen LogP contribution in [0.25, 0.3) is 0 Å². The Morgan fingerprint density at radius 1 is 1.30 bits per heavy atom. The third kappa shape index (κ3) is 2.37. The van der Waals surface area contributed by atoms with Crippen molar-refractivity contribution in [3.05, 3.63) is 16.8 Å². The number of hydrogen-bond donors (Lipinski definition) is 2. The van der Waals surface area contributed by atoms with E-state index in [4.69, 9.17) is 11.1 Å². The molecule has 1 saturated heterocycles. The van der Waals surface area contributed by atoms with Gasteiger partial charge in [-0.15, -0.1) is 5.10 Å². The average Bonchev–Trinajstić information content (AvgIpc) is 2.76. The van der Waals surface area contributed by atoms with E-state index in [1.807, 2.05) is 0 Å². The highest BCUT2D eigenvalue weighted by Crippen LogP contribution is 2.35. The maximum absolute atomic E-state index is 7.97. The number of anilines is 1. The lowest BCUT2D eigenvalue weighted by atomic mass is 9.98. The molecule has 0 spiro atoms. The van der Waals surface area contributed by atoms with Crippen LogP contribution >= 0.6 is 0 Å². The summed E-state index contributed by atoms with van der Waals surface area (Å²) in [5.41, 5.74) is 8.73. The standard InChI is InChI=1S/C15H25N5/c1-5-10-11(6-2)18-19-14(12(10)13(16)17)20-9-7-8-15(20,3)4/h5-9H2,1-4H3,(H3,16,17). The molecule has 3 N–H and O–H groups in total. The van der Waals surface area contributed by atoms with Crippen LogP contribution in [-0.2, 0) is 12.8 Å². The molecule has 0 aromatic carbocycles. The van der Waals surface area contributed by atoms with Gasteiger partial charge >= 0.3 is 0 Å². The Morgan fingerprint density at radius 2 is 2.00 bits per heavy atom. The first-order chi connectivity index (χ1) is 9.42. The fraction of sp³-hybridized carbons (Fsp3) is 0.667. The van der Waals surface area contributed by atoms with Gasteiger partial charge in [0.25, 0.3) is 0 Å². The van der Waals surface area contributed by atoms with Crippen molar-refractivity contribution in [3.8, 4) is 0 Å². The van der Waals surface area contributed by atoms with Gasteiger partial charge in [-0.05, 0) is 45.1 Å². The Bertz CT molecular complexity index is 521. The van der Waals surface area contributed by atoms with E-state index in [0.717, 1.165) is 54.9 Å². The molecule has 0 amide bonds. The first kappa shape index (κ1) is 14.8. The van der Waals surface area contributed by atoms with Gasteiger partial charge in [0.05, 0.1) is 11.3 Å². The van der Waals surface area contributed by atoms with Gasteiger partial charge in [0.2, 0.25) is 0 Å². The van der Waals surface area contributed by atoms with Gasteiger partial charge in [-0.25, -0.2) is 0 Å². The topological polar surface area (TPSA) is 78.9 Å². The van der Waals surface area contributed by atoms with Crippen LogP contribution in [-0.4, -0.2) is 28.1 Å². The zero-order valence-corrected chi connectivity index (χ0v) is 13.0. The zero-order chi connectivity index (χ0) is 14.9. The van der Waals surface area contributed by atoms with Crippen molar-refractivity contribution in [1.82, 2.24) is 10.2 Å². The minimum absolute atomic E-state index is 0.0532. The maximum Gasteiger partial charge on any atom is 0.163 e. The number of rotatable bonds is 4. The van der Waals surface area contributed by atoms with E-state index in [0.29, 0.717) is 0 Å². The molecule has 0 unspecified atom stereocenters. The minimum atomic E-state index is 0.0532. The molecule has 0 bridgehead atoms. The highest BCUT2D eigenvalue weighted by molar-refractivity contribution is 6.01. The first-order valence-electron chi connectivity index (χ1n) is 7.42. The monoisotopic (exact) mass is 275 g/mol. The van der Waals surface area contributed by atoms with Gasteiger partial charge in [0, 0.05) is 12.1 Å². The summed E-state index contributed by atoms with van der Waals surface area (Å²) in [6.45, 7) is 9.53. The predicted octanol–water partition coefficient (Wildman–Crippen LogP) is 2.26. The Morgan fingerprint density at radius 3 is 2.45 bits per heavy atom. The third-order valence-electron chi connectivity index (χ3n) is 4.25. The van der Waals surface area contributed by atoms with Gasteiger partial charge in [-0.3, -0.25) is 5.41 Å². The van der Waals surface area contributed by atoms with Crippen molar-refractivity contribution in [1.29, 1.82) is 5.41 Å². The second kappa shape index (κ2) is 5.38. The molecular weight excluding hydrogens is 250 g/mol. The summed E-state index contributed by atoms with van der Waals surface area (Å²) in [5.74, 6) is 0.887. The summed E-state index contributed by atoms with van der Waals surface area (Å²) in [5, 5.41) is 16.8. The molecule has 1 aromatic rings. The summed E-state index contributed by atoms with van der Waals surface area (Å²) < 4.78 is 0. The van der Waals surface area contributed by atoms with E-state index in [-0.39, 0.29) is 11.4 Å². The lowest BCUT2D eigenvalue weighted by Gasteiger charge is -2.34. The van der Waals surface area contributed by atoms with Crippen molar-refractivity contribution in [2.75, 3.05) is 11.4 Å². The molecule has 1 aromatic heterocycles. The Balaban J connectivity index is 2.62. The summed E-state index contributed by atoms with van der Waals surface area (Å²) >= 11 is 0. The number of nitrogen functional groups attached to an aromatic ring is 1. The molecule has 110 valence electrons. The number of nitrogens with zero attached hydrogens (tertiary/aromatic N) is 3. The minimum Gasteiger partial charge on any atom is -0.384 e. The normalized spacial score (nSPS) is 17.5. The van der Waals surface area contributed by atoms with E-state index in [1.54, 1.807) is 0 Å². The van der Waals surface area contributed by atoms with Crippen LogP contribution in [0, 0.1) is 5.41 Å². The van der Waals surface area contributed by atoms with E-state index < -0.39 is 0 Å². The average molecular weight is 275 g/mol. The molecule has 1 aliphatic heterocycles. The Labute approximate surface area is 121 Å². The summed E-state index contributed by atoms with van der Waals surface area (Å²) in [4.78, 5) is 2.26. The molecule has 1 aliphatic rings. The summed E-state index contributed by atoms with van der Waals surface area (Å²) in [6, 6.07) is 0. The van der Waals surface area contributed by atoms with Gasteiger partial charge in [-0.2, -0.15) is 5.10 Å². The van der Waals surface area contributed by atoms with E-state index in [2.05, 4.69) is 42.8 Å². The number of aryl methyl sites for hydroxylation is 1. The van der Waals surface area contributed by atoms with E-state index in [9.17, 15) is 0 Å². The molecule has 1 fully saturated rings. The number of nitrogens with two attached hydrogens (primary N) is 1. The second-order valence-electron chi connectivity index (χ2n) is 6.01. The fourth-order valence-corrected chi connectivity index (χ4v) is 3.13. The van der Waals surface area contributed by atoms with Crippen LogP contribution in [0.1, 0.15) is 57.4 Å². The SMILES string of the molecule is CCc1nnc(N2CCCC2(C)C)c(C(=N)N)c1CC. The number of amidine groups is 1. The van der Waals surface area contributed by atoms with Crippen LogP contribution in [0.4, 0.5) is 5.82 Å². The first-order valence-corrected chi connectivity index (χ1v) is 7.42. The van der Waals surface area contributed by atoms with Crippen LogP contribution in [0.5, 0.6) is 0 Å². The van der Waals surface area contributed by atoms with E-state index >= 15 is 0 Å². The van der Waals surface area contributed by atoms with Gasteiger partial charge in [0.15, 0.2) is 5.82 Å². The van der Waals surface area contributed by atoms with Crippen LogP contribution < -0.4 is 10.6 Å². The molecule has 2 heterocycles. The lowest BCUT2D eigenvalue weighted by Crippen LogP contribution is -2.40. The molecule has 2 rings (SSSR count). The van der Waals surface area contributed by atoms with Gasteiger partial charge < -0.3 is 10.6 Å². The smallest absolute Gasteiger partial charge is 0.163 e. The maximum atomic E-state index is 7.97. The van der Waals surface area contributed by atoms with Crippen molar-refractivity contribution >= 4 is 11.7 Å². The molecule has 5 nitrogen and oxygen atoms in total. The van der Waals surface area contributed by atoms with Crippen molar-refractivity contribution < 1.29 is 0 Å². The Hall–Kier alpha value is -1.65. The molecule has 5 heteroatoms. The third-order valence-corrected chi connectivity index (χ3v) is 4.25. The molecule has 20 heavy (non-hydrogen) atoms. The molecule has 0 radical (unpaired) electrons. The highest BCUT2D eigenvalue weighted by atomic mass is 15.3. The van der Waals surface area contributed by atoms with Crippen LogP contribution in [0.15, 0.2) is 0 Å². The number of nitrogens with one attached hydrogen (secondary N) is 1. The zero-order valence-electron chi connectivity index (χ0n) is 13.0. The van der Waals surface area contributed by atoms with Crippen molar-refractivity contribution in [2.24, 2.45) is 5.73 Å². The molecule has 0 saturated carbocycles. The van der Waals surface area contributed by atoms with Crippen molar-refractivity contribution in [3.63, 3.8) is 0 Å². The molecular formula is C15H25N5. The molecule has 0 aliphatic carbocycles. The number of hydrogen-bond acceptors (Lipinski definition) is 4. The van der Waals surface area contributed by atoms with Gasteiger partial charge in [0.1, 0.15) is 5.84 Å². The largest absolute Gasteiger partial charge is 0.384 e. The molecule has 0 atom stereocenters. The Kier molecular flexibility index (Phi) is 3.97. The predicted molar refractivity (Wildman–Crippen MR) is 82.5 cm³/mol. The highest BCUT2D eigenvalue weighted by Gasteiger charge is 2.35. The van der Waals surface area contributed by atoms with Crippen molar-refractivity contribution in [2.45, 2.75) is 58.9 Å². The number of aromatic nitrogens is 2. The van der Waals surface area contributed by atoms with Crippen LogP contribution in [0.3, 0.4) is 0 Å². The van der Waals surface area contributed by atoms with Crippen LogP contribution in [0.2, 0.25) is 0 Å². The fourth-order valence-electron chi connectivity index (χ4n) is 3.13. The second-order valence-corrected chi connectivity index (χ2v) is 6.01. The lowest BCUT2D eigenvalue weighted by molar-refractivity contribution is 0.511. The quantitative estimate of drug-likeness (QED) is 0.652. The summed E-state index contributed by atoms with van der Waals surface area (Å²) in [6.07, 6.45) is 3.92. The van der Waals surface area contributed by atoms with E-state index in [1.165, 1.54) is 0 Å². The summed E-state index contributed by atoms with van der Waals surface area (Å²) in [7, 11) is 0.